The Labute approximate surface area is 127 Å². The Hall–Kier alpha value is -1.21. The van der Waals surface area contributed by atoms with Crippen molar-refractivity contribution in [2.75, 3.05) is 17.2 Å². The second-order valence-electron chi connectivity index (χ2n) is 3.67. The van der Waals surface area contributed by atoms with Crippen molar-refractivity contribution in [3.63, 3.8) is 0 Å². The van der Waals surface area contributed by atoms with Gasteiger partial charge in [0, 0.05) is 15.5 Å². The molecule has 0 aliphatic heterocycles. The Morgan fingerprint density at radius 2 is 2.11 bits per heavy atom. The van der Waals surface area contributed by atoms with Crippen LogP contribution in [0.25, 0.3) is 0 Å². The minimum Gasteiger partial charge on any atom is -0.354 e. The molecule has 1 aromatic heterocycles. The van der Waals surface area contributed by atoms with Gasteiger partial charge in [0.15, 0.2) is 11.6 Å². The van der Waals surface area contributed by atoms with E-state index in [0.29, 0.717) is 12.5 Å². The Morgan fingerprint density at radius 3 is 2.79 bits per heavy atom. The minimum atomic E-state index is -0.503. The molecule has 1 heterocycles. The summed E-state index contributed by atoms with van der Waals surface area (Å²) in [5.74, 6) is 0.0186. The molecule has 1 aromatic carbocycles. The highest BCUT2D eigenvalue weighted by molar-refractivity contribution is 9.11. The number of hydrogen-bond acceptors (Lipinski definition) is 4. The van der Waals surface area contributed by atoms with Crippen molar-refractivity contribution in [3.8, 4) is 0 Å². The first-order valence-corrected chi connectivity index (χ1v) is 7.17. The molecule has 100 valence electrons. The predicted molar refractivity (Wildman–Crippen MR) is 81.3 cm³/mol. The first-order chi connectivity index (χ1) is 9.10. The van der Waals surface area contributed by atoms with Crippen LogP contribution in [0.3, 0.4) is 0 Å². The van der Waals surface area contributed by atoms with E-state index < -0.39 is 5.82 Å². The van der Waals surface area contributed by atoms with Crippen LogP contribution in [0.5, 0.6) is 0 Å². The van der Waals surface area contributed by atoms with Crippen LogP contribution in [0.4, 0.5) is 21.8 Å². The van der Waals surface area contributed by atoms with E-state index in [1.165, 1.54) is 0 Å². The smallest absolute Gasteiger partial charge is 0.224 e. The van der Waals surface area contributed by atoms with Gasteiger partial charge in [0.2, 0.25) is 5.95 Å². The molecule has 0 saturated heterocycles. The molecule has 0 radical (unpaired) electrons. The Balaban J connectivity index is 2.29. The van der Waals surface area contributed by atoms with E-state index in [0.717, 1.165) is 20.8 Å². The van der Waals surface area contributed by atoms with Crippen LogP contribution in [0.1, 0.15) is 6.92 Å². The van der Waals surface area contributed by atoms with Crippen LogP contribution in [-0.2, 0) is 0 Å². The van der Waals surface area contributed by atoms with Gasteiger partial charge < -0.3 is 10.6 Å². The van der Waals surface area contributed by atoms with Gasteiger partial charge in [0.1, 0.15) is 0 Å². The zero-order chi connectivity index (χ0) is 13.8. The fraction of sp³-hybridized carbons (Fsp3) is 0.167. The quantitative estimate of drug-likeness (QED) is 0.817. The molecule has 2 N–H and O–H groups in total. The number of aromatic nitrogens is 2. The molecule has 19 heavy (non-hydrogen) atoms. The molecule has 0 saturated carbocycles. The maximum atomic E-state index is 13.7. The molecule has 2 rings (SSSR count). The molecule has 2 aromatic rings. The molecule has 0 fully saturated rings. The van der Waals surface area contributed by atoms with Crippen molar-refractivity contribution in [1.82, 2.24) is 9.97 Å². The lowest BCUT2D eigenvalue weighted by atomic mass is 10.3. The predicted octanol–water partition coefficient (Wildman–Crippen LogP) is 4.32. The molecule has 0 unspecified atom stereocenters. The average Bonchev–Trinajstić information content (AvgIpc) is 2.37. The van der Waals surface area contributed by atoms with Gasteiger partial charge in [0.05, 0.1) is 11.9 Å². The lowest BCUT2D eigenvalue weighted by Gasteiger charge is -2.10. The summed E-state index contributed by atoms with van der Waals surface area (Å²) in [7, 11) is 0. The summed E-state index contributed by atoms with van der Waals surface area (Å²) in [6.45, 7) is 2.60. The Kier molecular flexibility index (Phi) is 4.71. The summed E-state index contributed by atoms with van der Waals surface area (Å²) < 4.78 is 15.4. The van der Waals surface area contributed by atoms with Crippen molar-refractivity contribution < 1.29 is 4.39 Å². The molecule has 0 bridgehead atoms. The van der Waals surface area contributed by atoms with Crippen molar-refractivity contribution >= 4 is 49.3 Å². The summed E-state index contributed by atoms with van der Waals surface area (Å²) in [5.41, 5.74) is 0.725. The van der Waals surface area contributed by atoms with E-state index in [9.17, 15) is 4.39 Å². The molecule has 0 atom stereocenters. The number of anilines is 3. The number of nitrogens with one attached hydrogen (secondary N) is 2. The van der Waals surface area contributed by atoms with Crippen LogP contribution in [0, 0.1) is 5.82 Å². The zero-order valence-corrected chi connectivity index (χ0v) is 13.2. The number of halogens is 3. The minimum absolute atomic E-state index is 0.133. The van der Waals surface area contributed by atoms with E-state index in [1.807, 2.05) is 25.1 Å². The molecule has 0 aliphatic rings. The SMILES string of the molecule is CCNc1ncc(F)c(Nc2ccc(Br)cc2Br)n1. The third-order valence-electron chi connectivity index (χ3n) is 2.26. The fourth-order valence-corrected chi connectivity index (χ4v) is 2.56. The molecule has 0 spiro atoms. The Morgan fingerprint density at radius 1 is 1.32 bits per heavy atom. The second-order valence-corrected chi connectivity index (χ2v) is 5.44. The van der Waals surface area contributed by atoms with Crippen molar-refractivity contribution in [3.05, 3.63) is 39.2 Å². The van der Waals surface area contributed by atoms with Crippen LogP contribution in [0.2, 0.25) is 0 Å². The summed E-state index contributed by atoms with van der Waals surface area (Å²) in [6.07, 6.45) is 1.14. The maximum absolute atomic E-state index is 13.7. The standard InChI is InChI=1S/C12H11Br2FN4/c1-2-16-12-17-6-9(15)11(19-12)18-10-4-3-7(13)5-8(10)14/h3-6H,2H2,1H3,(H2,16,17,18,19). The normalized spacial score (nSPS) is 10.3. The monoisotopic (exact) mass is 388 g/mol. The van der Waals surface area contributed by atoms with E-state index >= 15 is 0 Å². The molecular weight excluding hydrogens is 379 g/mol. The van der Waals surface area contributed by atoms with Gasteiger partial charge in [0.25, 0.3) is 0 Å². The van der Waals surface area contributed by atoms with E-state index in [2.05, 4.69) is 52.5 Å². The van der Waals surface area contributed by atoms with Crippen molar-refractivity contribution in [1.29, 1.82) is 0 Å². The number of nitrogens with zero attached hydrogens (tertiary/aromatic N) is 2. The molecule has 0 amide bonds. The average molecular weight is 390 g/mol. The zero-order valence-electron chi connectivity index (χ0n) is 10.0. The van der Waals surface area contributed by atoms with Crippen molar-refractivity contribution in [2.24, 2.45) is 0 Å². The third kappa shape index (κ3) is 3.63. The van der Waals surface area contributed by atoms with Gasteiger partial charge in [-0.05, 0) is 41.1 Å². The topological polar surface area (TPSA) is 49.8 Å². The van der Waals surface area contributed by atoms with Gasteiger partial charge >= 0.3 is 0 Å². The van der Waals surface area contributed by atoms with Gasteiger partial charge in [-0.2, -0.15) is 4.98 Å². The van der Waals surface area contributed by atoms with Gasteiger partial charge in [-0.3, -0.25) is 0 Å². The molecule has 7 heteroatoms. The van der Waals surface area contributed by atoms with Gasteiger partial charge in [-0.15, -0.1) is 0 Å². The summed E-state index contributed by atoms with van der Waals surface area (Å²) in [5, 5.41) is 5.87. The van der Waals surface area contributed by atoms with Gasteiger partial charge in [-0.25, -0.2) is 9.37 Å². The van der Waals surface area contributed by atoms with Crippen molar-refractivity contribution in [2.45, 2.75) is 6.92 Å². The van der Waals surface area contributed by atoms with Crippen LogP contribution in [-0.4, -0.2) is 16.5 Å². The number of hydrogen-bond donors (Lipinski definition) is 2. The van der Waals surface area contributed by atoms with Crippen LogP contribution >= 0.6 is 31.9 Å². The summed E-state index contributed by atoms with van der Waals surface area (Å²) in [4.78, 5) is 7.93. The van der Waals surface area contributed by atoms with E-state index in [-0.39, 0.29) is 5.82 Å². The molecule has 0 aliphatic carbocycles. The lowest BCUT2D eigenvalue weighted by molar-refractivity contribution is 0.619. The highest BCUT2D eigenvalue weighted by Crippen LogP contribution is 2.29. The number of rotatable bonds is 4. The first-order valence-electron chi connectivity index (χ1n) is 5.58. The maximum Gasteiger partial charge on any atom is 0.224 e. The van der Waals surface area contributed by atoms with E-state index in [1.54, 1.807) is 0 Å². The summed E-state index contributed by atoms with van der Waals surface area (Å²) in [6, 6.07) is 5.55. The van der Waals surface area contributed by atoms with E-state index in [4.69, 9.17) is 0 Å². The first kappa shape index (κ1) is 14.2. The lowest BCUT2D eigenvalue weighted by Crippen LogP contribution is -2.06. The van der Waals surface area contributed by atoms with Gasteiger partial charge in [-0.1, -0.05) is 15.9 Å². The largest absolute Gasteiger partial charge is 0.354 e. The number of benzene rings is 1. The highest BCUT2D eigenvalue weighted by atomic mass is 79.9. The second kappa shape index (κ2) is 6.29. The molecule has 4 nitrogen and oxygen atoms in total. The molecular formula is C12H11Br2FN4. The summed E-state index contributed by atoms with van der Waals surface area (Å²) >= 11 is 6.77. The third-order valence-corrected chi connectivity index (χ3v) is 3.41. The van der Waals surface area contributed by atoms with Crippen LogP contribution < -0.4 is 10.6 Å². The highest BCUT2D eigenvalue weighted by Gasteiger charge is 2.09. The fourth-order valence-electron chi connectivity index (χ4n) is 1.42. The Bertz CT molecular complexity index is 592. The van der Waals surface area contributed by atoms with Crippen LogP contribution in [0.15, 0.2) is 33.3 Å².